The molecule has 0 aliphatic carbocycles. The largest absolute Gasteiger partial charge is 0.394 e. The molecule has 0 heterocycles. The molecule has 4 heteroatoms. The third-order valence-corrected chi connectivity index (χ3v) is 15.4. The minimum absolute atomic E-state index is 0.0562. The zero-order valence-electron chi connectivity index (χ0n) is 48.5. The Morgan fingerprint density at radius 2 is 0.577 bits per heavy atom. The van der Waals surface area contributed by atoms with Crippen LogP contribution in [0.1, 0.15) is 367 Å². The van der Waals surface area contributed by atoms with Crippen LogP contribution in [0.5, 0.6) is 0 Å². The van der Waals surface area contributed by atoms with Crippen LogP contribution in [0.25, 0.3) is 0 Å². The van der Waals surface area contributed by atoms with Gasteiger partial charge in [-0.3, -0.25) is 4.79 Å². The number of carbonyl (C=O) groups is 1. The summed E-state index contributed by atoms with van der Waals surface area (Å²) in [4.78, 5) is 12.5. The van der Waals surface area contributed by atoms with Crippen LogP contribution in [0.2, 0.25) is 0 Å². The summed E-state index contributed by atoms with van der Waals surface area (Å²) in [6.07, 6.45) is 86.5. The van der Waals surface area contributed by atoms with Crippen molar-refractivity contribution in [3.05, 3.63) is 36.5 Å². The number of carbonyl (C=O) groups excluding carboxylic acids is 1. The highest BCUT2D eigenvalue weighted by atomic mass is 16.3. The smallest absolute Gasteiger partial charge is 0.220 e. The minimum Gasteiger partial charge on any atom is -0.394 e. The third kappa shape index (κ3) is 59.4. The van der Waals surface area contributed by atoms with Crippen LogP contribution in [-0.4, -0.2) is 34.9 Å². The number of unbranched alkanes of at least 4 members (excludes halogenated alkanes) is 50. The molecule has 4 nitrogen and oxygen atoms in total. The van der Waals surface area contributed by atoms with Crippen LogP contribution in [0.15, 0.2) is 36.5 Å². The summed E-state index contributed by atoms with van der Waals surface area (Å²) in [5, 5.41) is 23.2. The van der Waals surface area contributed by atoms with E-state index in [0.29, 0.717) is 6.42 Å². The molecule has 0 saturated carbocycles. The van der Waals surface area contributed by atoms with Crippen molar-refractivity contribution in [3.63, 3.8) is 0 Å². The molecule has 0 bridgehead atoms. The van der Waals surface area contributed by atoms with Gasteiger partial charge in [0.2, 0.25) is 5.91 Å². The van der Waals surface area contributed by atoms with E-state index in [-0.39, 0.29) is 12.5 Å². The molecule has 0 aromatic heterocycles. The van der Waals surface area contributed by atoms with Crippen molar-refractivity contribution in [2.45, 2.75) is 379 Å². The fraction of sp³-hybridized carbons (Fsp3) is 0.896. The van der Waals surface area contributed by atoms with Crippen molar-refractivity contribution in [1.29, 1.82) is 0 Å². The van der Waals surface area contributed by atoms with Gasteiger partial charge in [0.05, 0.1) is 18.8 Å². The maximum atomic E-state index is 12.5. The first-order valence-corrected chi connectivity index (χ1v) is 32.7. The molecule has 420 valence electrons. The van der Waals surface area contributed by atoms with Crippen LogP contribution in [0.4, 0.5) is 0 Å². The molecule has 0 saturated heterocycles. The molecule has 0 spiro atoms. The summed E-state index contributed by atoms with van der Waals surface area (Å²) in [6, 6.07) is -0.620. The maximum absolute atomic E-state index is 12.5. The second-order valence-electron chi connectivity index (χ2n) is 22.5. The zero-order valence-corrected chi connectivity index (χ0v) is 48.5. The maximum Gasteiger partial charge on any atom is 0.220 e. The van der Waals surface area contributed by atoms with Crippen molar-refractivity contribution >= 4 is 5.91 Å². The normalized spacial score (nSPS) is 12.9. The number of aliphatic hydroxyl groups excluding tert-OH is 2. The molecule has 0 rings (SSSR count). The van der Waals surface area contributed by atoms with Crippen molar-refractivity contribution in [3.8, 4) is 0 Å². The fourth-order valence-electron chi connectivity index (χ4n) is 10.4. The van der Waals surface area contributed by atoms with E-state index in [1.807, 2.05) is 6.08 Å². The monoisotopic (exact) mass is 996 g/mol. The Balaban J connectivity index is 3.37. The molecule has 3 N–H and O–H groups in total. The quantitative estimate of drug-likeness (QED) is 0.0420. The highest BCUT2D eigenvalue weighted by molar-refractivity contribution is 5.76. The lowest BCUT2D eigenvalue weighted by Gasteiger charge is -2.20. The third-order valence-electron chi connectivity index (χ3n) is 15.4. The lowest BCUT2D eigenvalue weighted by atomic mass is 10.0. The van der Waals surface area contributed by atoms with Gasteiger partial charge in [0.25, 0.3) is 0 Å². The second-order valence-corrected chi connectivity index (χ2v) is 22.5. The first kappa shape index (κ1) is 69.6. The average Bonchev–Trinajstić information content (AvgIpc) is 3.37. The van der Waals surface area contributed by atoms with Crippen molar-refractivity contribution in [1.82, 2.24) is 5.32 Å². The predicted molar refractivity (Wildman–Crippen MR) is 318 cm³/mol. The molecule has 0 aromatic rings. The van der Waals surface area contributed by atoms with Gasteiger partial charge in [-0.15, -0.1) is 0 Å². The van der Waals surface area contributed by atoms with E-state index >= 15 is 0 Å². The Bertz CT molecular complexity index is 1080. The molecule has 1 amide bonds. The van der Waals surface area contributed by atoms with E-state index < -0.39 is 12.1 Å². The summed E-state index contributed by atoms with van der Waals surface area (Å²) in [5.41, 5.74) is 0. The van der Waals surface area contributed by atoms with Gasteiger partial charge in [0, 0.05) is 6.42 Å². The molecule has 0 fully saturated rings. The van der Waals surface area contributed by atoms with Crippen LogP contribution >= 0.6 is 0 Å². The standard InChI is InChI=1S/C67H129NO3/c1-3-5-7-9-11-13-15-17-19-21-23-24-25-26-27-28-29-30-31-32-33-34-35-36-37-38-39-40-41-42-43-44-45-47-49-51-53-55-57-59-61-63-67(71)68-65(64-69)66(70)62-60-58-56-54-52-50-48-46-22-20-18-16-14-12-10-8-6-4-2/h15,17,21,23,60,62,65-66,69-70H,3-14,16,18-20,22,24-59,61,63-64H2,1-2H3,(H,68,71)/b17-15-,23-21-,62-60+. The zero-order chi connectivity index (χ0) is 51.3. The molecular weight excluding hydrogens is 867 g/mol. The number of rotatable bonds is 61. The van der Waals surface area contributed by atoms with Gasteiger partial charge in [-0.05, 0) is 51.4 Å². The Morgan fingerprint density at radius 1 is 0.338 bits per heavy atom. The highest BCUT2D eigenvalue weighted by Gasteiger charge is 2.18. The molecule has 0 aliphatic heterocycles. The summed E-state index contributed by atoms with van der Waals surface area (Å²) >= 11 is 0. The number of allylic oxidation sites excluding steroid dienone is 5. The molecule has 2 atom stereocenters. The van der Waals surface area contributed by atoms with Crippen LogP contribution in [0, 0.1) is 0 Å². The van der Waals surface area contributed by atoms with E-state index in [0.717, 1.165) is 32.1 Å². The topological polar surface area (TPSA) is 69.6 Å². The van der Waals surface area contributed by atoms with Crippen molar-refractivity contribution in [2.24, 2.45) is 0 Å². The van der Waals surface area contributed by atoms with Gasteiger partial charge in [0.15, 0.2) is 0 Å². The number of amides is 1. The van der Waals surface area contributed by atoms with E-state index in [9.17, 15) is 15.0 Å². The first-order valence-electron chi connectivity index (χ1n) is 32.7. The molecule has 0 aliphatic rings. The number of hydrogen-bond acceptors (Lipinski definition) is 3. The van der Waals surface area contributed by atoms with Crippen molar-refractivity contribution < 1.29 is 15.0 Å². The van der Waals surface area contributed by atoms with E-state index in [4.69, 9.17) is 0 Å². The fourth-order valence-corrected chi connectivity index (χ4v) is 10.4. The minimum atomic E-state index is -0.837. The van der Waals surface area contributed by atoms with Crippen LogP contribution in [0.3, 0.4) is 0 Å². The Labute approximate surface area is 446 Å². The van der Waals surface area contributed by atoms with E-state index in [1.54, 1.807) is 6.08 Å². The summed E-state index contributed by atoms with van der Waals surface area (Å²) < 4.78 is 0. The molecule has 0 aromatic carbocycles. The lowest BCUT2D eigenvalue weighted by molar-refractivity contribution is -0.123. The van der Waals surface area contributed by atoms with Gasteiger partial charge in [-0.2, -0.15) is 0 Å². The SMILES string of the molecule is CCCCCCC/C=C\C/C=C\CCCCCCCCCCCCCCCCCCCCCCCCCCCCCCCC(=O)NC(CO)C(O)/C=C/CCCCCCCCCCCCCCCCCC. The predicted octanol–water partition coefficient (Wildman–Crippen LogP) is 22.0. The van der Waals surface area contributed by atoms with Gasteiger partial charge in [-0.1, -0.05) is 346 Å². The van der Waals surface area contributed by atoms with Gasteiger partial charge in [-0.25, -0.2) is 0 Å². The van der Waals surface area contributed by atoms with Crippen molar-refractivity contribution in [2.75, 3.05) is 6.61 Å². The summed E-state index contributed by atoms with van der Waals surface area (Å²) in [7, 11) is 0. The van der Waals surface area contributed by atoms with E-state index in [1.165, 1.54) is 315 Å². The number of aliphatic hydroxyl groups is 2. The summed E-state index contributed by atoms with van der Waals surface area (Å²) in [6.45, 7) is 4.33. The Morgan fingerprint density at radius 3 is 0.845 bits per heavy atom. The number of nitrogens with one attached hydrogen (secondary N) is 1. The van der Waals surface area contributed by atoms with Crippen LogP contribution < -0.4 is 5.32 Å². The van der Waals surface area contributed by atoms with E-state index in [2.05, 4.69) is 43.5 Å². The Kier molecular flexibility index (Phi) is 61.7. The Hall–Kier alpha value is -1.39. The van der Waals surface area contributed by atoms with Crippen LogP contribution in [-0.2, 0) is 4.79 Å². The number of hydrogen-bond donors (Lipinski definition) is 3. The molecule has 71 heavy (non-hydrogen) atoms. The average molecular weight is 997 g/mol. The van der Waals surface area contributed by atoms with Gasteiger partial charge in [0.1, 0.15) is 0 Å². The molecular formula is C67H129NO3. The van der Waals surface area contributed by atoms with Gasteiger partial charge < -0.3 is 15.5 Å². The molecule has 2 unspecified atom stereocenters. The van der Waals surface area contributed by atoms with Gasteiger partial charge >= 0.3 is 0 Å². The lowest BCUT2D eigenvalue weighted by Crippen LogP contribution is -2.45. The highest BCUT2D eigenvalue weighted by Crippen LogP contribution is 2.18. The first-order chi connectivity index (χ1) is 35.2. The second kappa shape index (κ2) is 62.9. The summed E-state index contributed by atoms with van der Waals surface area (Å²) in [5.74, 6) is -0.0562. The molecule has 0 radical (unpaired) electrons.